The van der Waals surface area contributed by atoms with E-state index in [1.165, 1.54) is 7.11 Å². The summed E-state index contributed by atoms with van der Waals surface area (Å²) in [5.74, 6) is 1.99. The van der Waals surface area contributed by atoms with Gasteiger partial charge in [0.25, 0.3) is 5.91 Å². The highest BCUT2D eigenvalue weighted by Crippen LogP contribution is 2.30. The summed E-state index contributed by atoms with van der Waals surface area (Å²) < 4.78 is 21.6. The molecule has 0 aromatic heterocycles. The van der Waals surface area contributed by atoms with Crippen molar-refractivity contribution in [2.75, 3.05) is 26.6 Å². The third-order valence-electron chi connectivity index (χ3n) is 3.67. The second-order valence-electron chi connectivity index (χ2n) is 5.22. The molecular formula is C19H23NO5. The second-order valence-corrected chi connectivity index (χ2v) is 5.22. The normalized spacial score (nSPS) is 11.4. The highest BCUT2D eigenvalue weighted by atomic mass is 16.5. The van der Waals surface area contributed by atoms with Crippen molar-refractivity contribution in [2.24, 2.45) is 0 Å². The monoisotopic (exact) mass is 345 g/mol. The van der Waals surface area contributed by atoms with E-state index in [2.05, 4.69) is 5.32 Å². The average Bonchev–Trinajstić information content (AvgIpc) is 2.66. The van der Waals surface area contributed by atoms with Gasteiger partial charge in [-0.05, 0) is 30.7 Å². The number of hydrogen-bond acceptors (Lipinski definition) is 5. The van der Waals surface area contributed by atoms with Crippen LogP contribution in [-0.2, 0) is 4.79 Å². The van der Waals surface area contributed by atoms with Crippen LogP contribution in [0.2, 0.25) is 0 Å². The Labute approximate surface area is 147 Å². The molecule has 1 N–H and O–H groups in total. The molecule has 0 bridgehead atoms. The molecule has 2 rings (SSSR count). The van der Waals surface area contributed by atoms with Gasteiger partial charge in [0.05, 0.1) is 27.0 Å². The fraction of sp³-hybridized carbons (Fsp3) is 0.316. The molecule has 25 heavy (non-hydrogen) atoms. The maximum absolute atomic E-state index is 12.6. The molecule has 1 atom stereocenters. The van der Waals surface area contributed by atoms with Crippen molar-refractivity contribution in [3.8, 4) is 23.0 Å². The number of para-hydroxylation sites is 2. The topological polar surface area (TPSA) is 66.0 Å². The largest absolute Gasteiger partial charge is 0.497 e. The number of rotatable bonds is 8. The van der Waals surface area contributed by atoms with Crippen LogP contribution in [0.15, 0.2) is 42.5 Å². The van der Waals surface area contributed by atoms with Gasteiger partial charge in [0, 0.05) is 6.07 Å². The van der Waals surface area contributed by atoms with Crippen LogP contribution in [0.3, 0.4) is 0 Å². The first-order valence-corrected chi connectivity index (χ1v) is 7.95. The predicted octanol–water partition coefficient (Wildman–Crippen LogP) is 3.51. The van der Waals surface area contributed by atoms with Gasteiger partial charge in [-0.15, -0.1) is 0 Å². The smallest absolute Gasteiger partial charge is 0.265 e. The molecule has 2 aromatic carbocycles. The van der Waals surface area contributed by atoms with Crippen molar-refractivity contribution in [2.45, 2.75) is 19.4 Å². The number of methoxy groups -OCH3 is 3. The molecule has 2 aromatic rings. The number of benzene rings is 2. The van der Waals surface area contributed by atoms with Crippen LogP contribution in [-0.4, -0.2) is 33.3 Å². The van der Waals surface area contributed by atoms with Crippen LogP contribution < -0.4 is 24.3 Å². The molecule has 6 heteroatoms. The minimum Gasteiger partial charge on any atom is -0.497 e. The van der Waals surface area contributed by atoms with Gasteiger partial charge < -0.3 is 24.3 Å². The zero-order valence-electron chi connectivity index (χ0n) is 14.9. The summed E-state index contributed by atoms with van der Waals surface area (Å²) in [5.41, 5.74) is 0.551. The summed E-state index contributed by atoms with van der Waals surface area (Å²) in [4.78, 5) is 12.6. The number of anilines is 1. The Bertz CT molecular complexity index is 717. The predicted molar refractivity (Wildman–Crippen MR) is 95.9 cm³/mol. The van der Waals surface area contributed by atoms with Crippen LogP contribution >= 0.6 is 0 Å². The average molecular weight is 345 g/mol. The first-order valence-electron chi connectivity index (χ1n) is 7.95. The number of hydrogen-bond donors (Lipinski definition) is 1. The summed E-state index contributed by atoms with van der Waals surface area (Å²) in [7, 11) is 4.67. The minimum atomic E-state index is -0.664. The molecule has 1 unspecified atom stereocenters. The molecule has 0 saturated carbocycles. The highest BCUT2D eigenvalue weighted by molar-refractivity contribution is 5.95. The van der Waals surface area contributed by atoms with Gasteiger partial charge >= 0.3 is 0 Å². The Morgan fingerprint density at radius 1 is 0.960 bits per heavy atom. The number of nitrogens with one attached hydrogen (secondary N) is 1. The molecule has 0 aliphatic rings. The van der Waals surface area contributed by atoms with E-state index in [1.807, 2.05) is 19.1 Å². The molecule has 0 aliphatic carbocycles. The van der Waals surface area contributed by atoms with Crippen molar-refractivity contribution < 1.29 is 23.7 Å². The van der Waals surface area contributed by atoms with Crippen molar-refractivity contribution >= 4 is 11.6 Å². The van der Waals surface area contributed by atoms with E-state index >= 15 is 0 Å². The van der Waals surface area contributed by atoms with Crippen LogP contribution in [0.4, 0.5) is 5.69 Å². The van der Waals surface area contributed by atoms with E-state index in [4.69, 9.17) is 18.9 Å². The Hall–Kier alpha value is -2.89. The lowest BCUT2D eigenvalue weighted by molar-refractivity contribution is -0.122. The van der Waals surface area contributed by atoms with Crippen molar-refractivity contribution in [3.05, 3.63) is 42.5 Å². The highest BCUT2D eigenvalue weighted by Gasteiger charge is 2.21. The number of amides is 1. The summed E-state index contributed by atoms with van der Waals surface area (Å²) in [6, 6.07) is 12.4. The van der Waals surface area contributed by atoms with E-state index < -0.39 is 6.10 Å². The van der Waals surface area contributed by atoms with Gasteiger partial charge in [-0.2, -0.15) is 0 Å². The molecule has 0 spiro atoms. The molecule has 1 amide bonds. The standard InChI is InChI=1S/C19H23NO5/c1-5-15(25-17-9-7-6-8-16(17)23-3)19(21)20-14-11-10-13(22-2)12-18(14)24-4/h6-12,15H,5H2,1-4H3,(H,20,21). The van der Waals surface area contributed by atoms with E-state index in [9.17, 15) is 4.79 Å². The van der Waals surface area contributed by atoms with E-state index in [0.29, 0.717) is 35.1 Å². The maximum atomic E-state index is 12.6. The van der Waals surface area contributed by atoms with E-state index in [1.54, 1.807) is 44.6 Å². The lowest BCUT2D eigenvalue weighted by atomic mass is 10.2. The third-order valence-corrected chi connectivity index (χ3v) is 3.67. The molecule has 0 fully saturated rings. The molecule has 0 radical (unpaired) electrons. The molecular weight excluding hydrogens is 322 g/mol. The molecule has 6 nitrogen and oxygen atoms in total. The minimum absolute atomic E-state index is 0.267. The first kappa shape index (κ1) is 18.4. The van der Waals surface area contributed by atoms with Gasteiger partial charge in [-0.3, -0.25) is 4.79 Å². The third kappa shape index (κ3) is 4.56. The zero-order chi connectivity index (χ0) is 18.2. The summed E-state index contributed by atoms with van der Waals surface area (Å²) in [6.45, 7) is 1.88. The van der Waals surface area contributed by atoms with Gasteiger partial charge in [-0.1, -0.05) is 19.1 Å². The summed E-state index contributed by atoms with van der Waals surface area (Å²) in [6.07, 6.45) is -0.161. The summed E-state index contributed by atoms with van der Waals surface area (Å²) >= 11 is 0. The zero-order valence-corrected chi connectivity index (χ0v) is 14.9. The lowest BCUT2D eigenvalue weighted by Gasteiger charge is -2.19. The van der Waals surface area contributed by atoms with Crippen molar-refractivity contribution in [1.29, 1.82) is 0 Å². The first-order chi connectivity index (χ1) is 12.1. The number of carbonyl (C=O) groups excluding carboxylic acids is 1. The molecule has 0 aliphatic heterocycles. The fourth-order valence-electron chi connectivity index (χ4n) is 2.31. The quantitative estimate of drug-likeness (QED) is 0.793. The number of carbonyl (C=O) groups is 1. The van der Waals surface area contributed by atoms with Gasteiger partial charge in [0.15, 0.2) is 17.6 Å². The van der Waals surface area contributed by atoms with Gasteiger partial charge in [-0.25, -0.2) is 0 Å². The second kappa shape index (κ2) is 8.82. The van der Waals surface area contributed by atoms with Crippen LogP contribution in [0, 0.1) is 0 Å². The van der Waals surface area contributed by atoms with Crippen molar-refractivity contribution in [3.63, 3.8) is 0 Å². The Morgan fingerprint density at radius 2 is 1.64 bits per heavy atom. The van der Waals surface area contributed by atoms with Crippen LogP contribution in [0.1, 0.15) is 13.3 Å². The fourth-order valence-corrected chi connectivity index (χ4v) is 2.31. The molecule has 0 saturated heterocycles. The van der Waals surface area contributed by atoms with Crippen LogP contribution in [0.25, 0.3) is 0 Å². The lowest BCUT2D eigenvalue weighted by Crippen LogP contribution is -2.32. The molecule has 134 valence electrons. The summed E-state index contributed by atoms with van der Waals surface area (Å²) in [5, 5.41) is 2.84. The maximum Gasteiger partial charge on any atom is 0.265 e. The Kier molecular flexibility index (Phi) is 6.51. The van der Waals surface area contributed by atoms with E-state index in [0.717, 1.165) is 0 Å². The molecule has 0 heterocycles. The Morgan fingerprint density at radius 3 is 2.24 bits per heavy atom. The van der Waals surface area contributed by atoms with Gasteiger partial charge in [0.2, 0.25) is 0 Å². The van der Waals surface area contributed by atoms with Gasteiger partial charge in [0.1, 0.15) is 11.5 Å². The van der Waals surface area contributed by atoms with Crippen molar-refractivity contribution in [1.82, 2.24) is 0 Å². The SMILES string of the molecule is CCC(Oc1ccccc1OC)C(=O)Nc1ccc(OC)cc1OC. The Balaban J connectivity index is 2.15. The number of ether oxygens (including phenoxy) is 4. The van der Waals surface area contributed by atoms with E-state index in [-0.39, 0.29) is 5.91 Å². The van der Waals surface area contributed by atoms with Crippen LogP contribution in [0.5, 0.6) is 23.0 Å².